The molecule has 0 unspecified atom stereocenters. The first-order chi connectivity index (χ1) is 13.2. The Bertz CT molecular complexity index is 1030. The van der Waals surface area contributed by atoms with Gasteiger partial charge in [0.2, 0.25) is 0 Å². The van der Waals surface area contributed by atoms with Gasteiger partial charge in [-0.05, 0) is 54.4 Å². The quantitative estimate of drug-likeness (QED) is 0.592. The molecule has 1 atom stereocenters. The number of halogens is 1. The Hall–Kier alpha value is -2.85. The number of aromatic nitrogens is 1. The van der Waals surface area contributed by atoms with Crippen LogP contribution in [0.4, 0.5) is 22.7 Å². The summed E-state index contributed by atoms with van der Waals surface area (Å²) in [7, 11) is 0. The molecule has 3 heterocycles. The van der Waals surface area contributed by atoms with Crippen molar-refractivity contribution in [2.45, 2.75) is 19.4 Å². The molecule has 27 heavy (non-hydrogen) atoms. The number of fused-ring (bicyclic) bond motifs is 2. The zero-order chi connectivity index (χ0) is 18.4. The lowest BCUT2D eigenvalue weighted by molar-refractivity contribution is 0.696. The summed E-state index contributed by atoms with van der Waals surface area (Å²) in [5.74, 6) is 0. The third kappa shape index (κ3) is 2.77. The van der Waals surface area contributed by atoms with E-state index in [-0.39, 0.29) is 6.04 Å². The maximum absolute atomic E-state index is 6.24. The van der Waals surface area contributed by atoms with E-state index in [1.54, 1.807) is 0 Å². The first-order valence-corrected chi connectivity index (χ1v) is 9.47. The molecule has 0 saturated heterocycles. The van der Waals surface area contributed by atoms with Gasteiger partial charge in [-0.25, -0.2) is 0 Å². The maximum atomic E-state index is 6.24. The van der Waals surface area contributed by atoms with Gasteiger partial charge in [0.05, 0.1) is 29.8 Å². The van der Waals surface area contributed by atoms with E-state index >= 15 is 0 Å². The molecule has 5 rings (SSSR count). The van der Waals surface area contributed by atoms with Crippen molar-refractivity contribution < 1.29 is 0 Å². The molecule has 0 saturated carbocycles. The van der Waals surface area contributed by atoms with Crippen LogP contribution in [-0.2, 0) is 6.42 Å². The van der Waals surface area contributed by atoms with Crippen LogP contribution < -0.4 is 9.80 Å². The highest BCUT2D eigenvalue weighted by molar-refractivity contribution is 6.30. The van der Waals surface area contributed by atoms with Crippen molar-refractivity contribution in [2.24, 2.45) is 4.99 Å². The highest BCUT2D eigenvalue weighted by atomic mass is 35.5. The normalized spacial score (nSPS) is 15.8. The second-order valence-electron chi connectivity index (χ2n) is 6.96. The van der Waals surface area contributed by atoms with Crippen LogP contribution in [0.25, 0.3) is 0 Å². The largest absolute Gasteiger partial charge is 0.345 e. The SMILES string of the molecule is C[C@H](c1cccc(Cl)c1)N1CN(c2ccncc2)c2cc3c(cc21)CC=N3. The van der Waals surface area contributed by atoms with Gasteiger partial charge in [0.1, 0.15) is 0 Å². The standard InChI is InChI=1S/C22H19ClN4/c1-15(16-3-2-4-18(23)11-16)26-14-27(19-6-8-24-9-7-19)22-13-20-17(5-10-25-20)12-21(22)26/h2-4,6-13,15H,5,14H2,1H3/t15-/m1/s1. The molecule has 0 bridgehead atoms. The van der Waals surface area contributed by atoms with Crippen LogP contribution >= 0.6 is 11.6 Å². The van der Waals surface area contributed by atoms with Crippen LogP contribution in [0.15, 0.2) is 65.9 Å². The van der Waals surface area contributed by atoms with Crippen molar-refractivity contribution >= 4 is 40.6 Å². The Balaban J connectivity index is 1.61. The highest BCUT2D eigenvalue weighted by Gasteiger charge is 2.32. The molecule has 2 aliphatic rings. The molecular formula is C22H19ClN4. The van der Waals surface area contributed by atoms with Gasteiger partial charge in [-0.3, -0.25) is 9.98 Å². The first kappa shape index (κ1) is 16.3. The zero-order valence-electron chi connectivity index (χ0n) is 15.0. The van der Waals surface area contributed by atoms with Gasteiger partial charge in [0.25, 0.3) is 0 Å². The minimum absolute atomic E-state index is 0.203. The Labute approximate surface area is 163 Å². The smallest absolute Gasteiger partial charge is 0.0958 e. The maximum Gasteiger partial charge on any atom is 0.0958 e. The summed E-state index contributed by atoms with van der Waals surface area (Å²) in [6.45, 7) is 3.01. The monoisotopic (exact) mass is 374 g/mol. The molecule has 134 valence electrons. The first-order valence-electron chi connectivity index (χ1n) is 9.10. The molecule has 0 N–H and O–H groups in total. The van der Waals surface area contributed by atoms with Gasteiger partial charge in [-0.1, -0.05) is 23.7 Å². The number of hydrogen-bond donors (Lipinski definition) is 0. The average molecular weight is 375 g/mol. The molecule has 0 amide bonds. The molecule has 0 aliphatic carbocycles. The topological polar surface area (TPSA) is 31.7 Å². The Morgan fingerprint density at radius 2 is 1.89 bits per heavy atom. The fourth-order valence-corrected chi connectivity index (χ4v) is 4.11. The summed E-state index contributed by atoms with van der Waals surface area (Å²) >= 11 is 6.24. The molecule has 5 heteroatoms. The molecule has 1 aromatic heterocycles. The predicted octanol–water partition coefficient (Wildman–Crippen LogP) is 5.67. The van der Waals surface area contributed by atoms with Crippen molar-refractivity contribution in [3.63, 3.8) is 0 Å². The minimum Gasteiger partial charge on any atom is -0.345 e. The van der Waals surface area contributed by atoms with Gasteiger partial charge in [0, 0.05) is 35.7 Å². The van der Waals surface area contributed by atoms with Crippen LogP contribution in [0, 0.1) is 0 Å². The minimum atomic E-state index is 0.203. The van der Waals surface area contributed by atoms with E-state index in [1.807, 2.05) is 42.9 Å². The lowest BCUT2D eigenvalue weighted by Crippen LogP contribution is -2.30. The molecule has 0 radical (unpaired) electrons. The van der Waals surface area contributed by atoms with Gasteiger partial charge in [0.15, 0.2) is 0 Å². The summed E-state index contributed by atoms with van der Waals surface area (Å²) in [6, 6.07) is 16.9. The van der Waals surface area contributed by atoms with Gasteiger partial charge >= 0.3 is 0 Å². The van der Waals surface area contributed by atoms with Crippen molar-refractivity contribution in [1.82, 2.24) is 4.98 Å². The summed E-state index contributed by atoms with van der Waals surface area (Å²) in [6.07, 6.45) is 6.56. The number of aliphatic imine (C=N–C) groups is 1. The lowest BCUT2D eigenvalue weighted by Gasteiger charge is -2.28. The molecule has 3 aromatic rings. The van der Waals surface area contributed by atoms with Crippen LogP contribution in [-0.4, -0.2) is 17.9 Å². The number of nitrogens with zero attached hydrogens (tertiary/aromatic N) is 4. The number of pyridine rings is 1. The summed E-state index contributed by atoms with van der Waals surface area (Å²) < 4.78 is 0. The number of hydrogen-bond acceptors (Lipinski definition) is 4. The number of anilines is 3. The van der Waals surface area contributed by atoms with Crippen LogP contribution in [0.3, 0.4) is 0 Å². The van der Waals surface area contributed by atoms with E-state index in [0.29, 0.717) is 0 Å². The summed E-state index contributed by atoms with van der Waals surface area (Å²) in [4.78, 5) is 13.5. The van der Waals surface area contributed by atoms with Crippen molar-refractivity contribution in [1.29, 1.82) is 0 Å². The second-order valence-corrected chi connectivity index (χ2v) is 7.40. The van der Waals surface area contributed by atoms with E-state index in [2.05, 4.69) is 51.0 Å². The summed E-state index contributed by atoms with van der Waals surface area (Å²) in [5, 5.41) is 0.770. The lowest BCUT2D eigenvalue weighted by atomic mass is 10.1. The van der Waals surface area contributed by atoms with Gasteiger partial charge in [-0.2, -0.15) is 0 Å². The van der Waals surface area contributed by atoms with Crippen molar-refractivity contribution in [3.05, 3.63) is 77.1 Å². The van der Waals surface area contributed by atoms with Crippen molar-refractivity contribution in [2.75, 3.05) is 16.5 Å². The number of rotatable bonds is 3. The van der Waals surface area contributed by atoms with E-state index < -0.39 is 0 Å². The van der Waals surface area contributed by atoms with Gasteiger partial charge in [-0.15, -0.1) is 0 Å². The molecule has 0 fully saturated rings. The molecule has 2 aromatic carbocycles. The van der Waals surface area contributed by atoms with E-state index in [1.165, 1.54) is 22.5 Å². The van der Waals surface area contributed by atoms with E-state index in [4.69, 9.17) is 11.6 Å². The average Bonchev–Trinajstić information content (AvgIpc) is 3.30. The second kappa shape index (κ2) is 6.39. The van der Waals surface area contributed by atoms with Gasteiger partial charge < -0.3 is 9.80 Å². The van der Waals surface area contributed by atoms with E-state index in [9.17, 15) is 0 Å². The van der Waals surface area contributed by atoms with Crippen molar-refractivity contribution in [3.8, 4) is 0 Å². The Kier molecular flexibility index (Phi) is 3.87. The summed E-state index contributed by atoms with van der Waals surface area (Å²) in [5.41, 5.74) is 7.13. The molecule has 4 nitrogen and oxygen atoms in total. The fourth-order valence-electron chi connectivity index (χ4n) is 3.91. The number of benzene rings is 2. The third-order valence-corrected chi connectivity index (χ3v) is 5.62. The third-order valence-electron chi connectivity index (χ3n) is 5.38. The zero-order valence-corrected chi connectivity index (χ0v) is 15.8. The highest BCUT2D eigenvalue weighted by Crippen LogP contribution is 2.47. The Morgan fingerprint density at radius 1 is 1.04 bits per heavy atom. The predicted molar refractivity (Wildman–Crippen MR) is 112 cm³/mol. The van der Waals surface area contributed by atoms with Crippen LogP contribution in [0.5, 0.6) is 0 Å². The Morgan fingerprint density at radius 3 is 2.70 bits per heavy atom. The molecule has 0 spiro atoms. The van der Waals surface area contributed by atoms with E-state index in [0.717, 1.165) is 29.5 Å². The fraction of sp³-hybridized carbons (Fsp3) is 0.182. The molecule has 2 aliphatic heterocycles. The molecular weight excluding hydrogens is 356 g/mol. The van der Waals surface area contributed by atoms with Crippen LogP contribution in [0.1, 0.15) is 24.1 Å². The van der Waals surface area contributed by atoms with Crippen LogP contribution in [0.2, 0.25) is 5.02 Å².